The molecule has 0 saturated carbocycles. The number of hydrogen-bond donors (Lipinski definition) is 3. The van der Waals surface area contributed by atoms with Crippen LogP contribution in [0.4, 0.5) is 11.4 Å². The number of carboxylic acid groups (broad SMARTS) is 1. The van der Waals surface area contributed by atoms with E-state index in [1.54, 1.807) is 5.01 Å². The number of unbranched alkanes of at least 4 members (excludes halogenated alkanes) is 1. The predicted octanol–water partition coefficient (Wildman–Crippen LogP) is 9.20. The van der Waals surface area contributed by atoms with Gasteiger partial charge in [0.25, 0.3) is 0 Å². The Morgan fingerprint density at radius 3 is 2.28 bits per heavy atom. The summed E-state index contributed by atoms with van der Waals surface area (Å²) in [6.45, 7) is 15.8. The van der Waals surface area contributed by atoms with Crippen molar-refractivity contribution in [1.82, 2.24) is 5.01 Å². The molecule has 1 unspecified atom stereocenters. The largest absolute Gasteiger partial charge is 0.481 e. The highest BCUT2D eigenvalue weighted by Gasteiger charge is 2.43. The van der Waals surface area contributed by atoms with Crippen LogP contribution in [-0.4, -0.2) is 35.2 Å². The zero-order valence-electron chi connectivity index (χ0n) is 31.2. The minimum absolute atomic E-state index is 0.0464. The lowest BCUT2D eigenvalue weighted by atomic mass is 9.80. The Labute approximate surface area is 300 Å². The molecule has 1 atom stereocenters. The molecular weight excluding hydrogens is 619 g/mol. The van der Waals surface area contributed by atoms with Crippen molar-refractivity contribution in [3.05, 3.63) is 118 Å². The summed E-state index contributed by atoms with van der Waals surface area (Å²) in [5.74, 6) is 6.17. The van der Waals surface area contributed by atoms with Gasteiger partial charge in [-0.05, 0) is 91.8 Å². The number of carboxylic acids is 1. The molecule has 5 rings (SSSR count). The number of nitrogens with zero attached hydrogens (tertiary/aromatic N) is 3. The van der Waals surface area contributed by atoms with Crippen LogP contribution in [-0.2, 0) is 15.6 Å². The number of carbonyl (C=O) groups is 1. The topological polar surface area (TPSA) is 99.1 Å². The second kappa shape index (κ2) is 15.8. The summed E-state index contributed by atoms with van der Waals surface area (Å²) in [5.41, 5.74) is 17.1. The highest BCUT2D eigenvalue weighted by atomic mass is 16.4. The van der Waals surface area contributed by atoms with Crippen molar-refractivity contribution in [2.75, 3.05) is 22.9 Å². The lowest BCUT2D eigenvalue weighted by Gasteiger charge is -2.33. The second-order valence-corrected chi connectivity index (χ2v) is 15.2. The van der Waals surface area contributed by atoms with E-state index < -0.39 is 5.97 Å². The van der Waals surface area contributed by atoms with E-state index in [1.165, 1.54) is 39.3 Å². The summed E-state index contributed by atoms with van der Waals surface area (Å²) in [6.07, 6.45) is 18.2. The van der Waals surface area contributed by atoms with Crippen molar-refractivity contribution in [3.8, 4) is 0 Å². The van der Waals surface area contributed by atoms with Gasteiger partial charge in [-0.15, -0.1) is 0 Å². The van der Waals surface area contributed by atoms with Crippen LogP contribution in [0.2, 0.25) is 0 Å². The Kier molecular flexibility index (Phi) is 11.7. The molecule has 7 nitrogen and oxygen atoms in total. The van der Waals surface area contributed by atoms with Crippen LogP contribution in [0.15, 0.2) is 107 Å². The first-order valence-corrected chi connectivity index (χ1v) is 18.7. The molecule has 2 heterocycles. The van der Waals surface area contributed by atoms with Crippen molar-refractivity contribution >= 4 is 17.3 Å². The standard InChI is InChI=1S/C43H59N5O2/c1-7-28-46-36-21-12-10-19-34(36)42(3,4)38(46)26-24-31-16-15-17-32(41(31)48(45)30-33(44)18-9-14-23-40(49)50)25-27-39-43(5,6)35-20-11-13-22-37(35)47(39)29-8-2/h10-13,19-22,24-27,30,38H,7-9,14-18,23,28-29,44-45H2,1-6H3,(H,49,50)/b26-24+,32-25+,33-30-,39-27+. The highest BCUT2D eigenvalue weighted by Crippen LogP contribution is 2.48. The van der Waals surface area contributed by atoms with E-state index in [0.717, 1.165) is 50.9 Å². The van der Waals surface area contributed by atoms with Gasteiger partial charge in [0.15, 0.2) is 0 Å². The highest BCUT2D eigenvalue weighted by molar-refractivity contribution is 5.71. The Bertz CT molecular complexity index is 1690. The second-order valence-electron chi connectivity index (χ2n) is 15.2. The smallest absolute Gasteiger partial charge is 0.303 e. The molecule has 0 fully saturated rings. The van der Waals surface area contributed by atoms with Gasteiger partial charge in [0.2, 0.25) is 0 Å². The van der Waals surface area contributed by atoms with E-state index in [-0.39, 0.29) is 23.3 Å². The fourth-order valence-corrected chi connectivity index (χ4v) is 8.29. The van der Waals surface area contributed by atoms with Crippen molar-refractivity contribution in [3.63, 3.8) is 0 Å². The number of anilines is 2. The van der Waals surface area contributed by atoms with Crippen LogP contribution in [0.3, 0.4) is 0 Å². The predicted molar refractivity (Wildman–Crippen MR) is 209 cm³/mol. The van der Waals surface area contributed by atoms with E-state index in [2.05, 4.69) is 124 Å². The average Bonchev–Trinajstić information content (AvgIpc) is 3.43. The average molecular weight is 678 g/mol. The van der Waals surface area contributed by atoms with E-state index in [1.807, 2.05) is 6.20 Å². The molecule has 0 bridgehead atoms. The minimum atomic E-state index is -0.780. The van der Waals surface area contributed by atoms with Crippen LogP contribution in [0, 0.1) is 0 Å². The monoisotopic (exact) mass is 677 g/mol. The molecule has 2 aromatic carbocycles. The van der Waals surface area contributed by atoms with Crippen LogP contribution < -0.4 is 21.4 Å². The number of benzene rings is 2. The molecule has 2 aromatic rings. The number of nitrogens with two attached hydrogens (primary N) is 2. The van der Waals surface area contributed by atoms with E-state index in [0.29, 0.717) is 25.0 Å². The van der Waals surface area contributed by atoms with Crippen molar-refractivity contribution < 1.29 is 9.90 Å². The third kappa shape index (κ3) is 7.58. The Balaban J connectivity index is 1.56. The molecule has 268 valence electrons. The lowest BCUT2D eigenvalue weighted by molar-refractivity contribution is -0.137. The fourth-order valence-electron chi connectivity index (χ4n) is 8.29. The molecule has 5 N–H and O–H groups in total. The SMILES string of the molecule is CCCN1/C(=C/C=C2\CCCC(/C=C/C3N(CCC)c4ccccc4C3(C)C)=C2N(N)/C=C(\N)CCCCC(=O)O)C(C)(C)c2ccccc21. The maximum atomic E-state index is 11.0. The van der Waals surface area contributed by atoms with Gasteiger partial charge in [0, 0.05) is 59.3 Å². The Morgan fingerprint density at radius 1 is 0.920 bits per heavy atom. The maximum Gasteiger partial charge on any atom is 0.303 e. The maximum absolute atomic E-state index is 11.0. The molecule has 7 heteroatoms. The summed E-state index contributed by atoms with van der Waals surface area (Å²) in [7, 11) is 0. The number of aliphatic carboxylic acids is 1. The number of allylic oxidation sites excluding steroid dienone is 7. The van der Waals surface area contributed by atoms with E-state index in [4.69, 9.17) is 16.7 Å². The third-order valence-electron chi connectivity index (χ3n) is 10.8. The van der Waals surface area contributed by atoms with Crippen molar-refractivity contribution in [1.29, 1.82) is 0 Å². The van der Waals surface area contributed by atoms with Gasteiger partial charge in [-0.25, -0.2) is 5.84 Å². The zero-order chi connectivity index (χ0) is 36.1. The van der Waals surface area contributed by atoms with E-state index >= 15 is 0 Å². The van der Waals surface area contributed by atoms with Gasteiger partial charge in [0.1, 0.15) is 0 Å². The number of para-hydroxylation sites is 2. The molecule has 50 heavy (non-hydrogen) atoms. The van der Waals surface area contributed by atoms with Gasteiger partial charge in [-0.3, -0.25) is 9.80 Å². The summed E-state index contributed by atoms with van der Waals surface area (Å²) >= 11 is 0. The first kappa shape index (κ1) is 37.0. The Hall–Kier alpha value is -4.23. The normalized spacial score (nSPS) is 21.4. The zero-order valence-corrected chi connectivity index (χ0v) is 31.2. The molecule has 0 amide bonds. The molecule has 2 aliphatic heterocycles. The van der Waals surface area contributed by atoms with E-state index in [9.17, 15) is 4.79 Å². The van der Waals surface area contributed by atoms with Gasteiger partial charge in [0.05, 0.1) is 11.7 Å². The minimum Gasteiger partial charge on any atom is -0.481 e. The quantitative estimate of drug-likeness (QED) is 0.104. The van der Waals surface area contributed by atoms with Crippen molar-refractivity contribution in [2.24, 2.45) is 11.6 Å². The molecule has 1 aliphatic carbocycles. The third-order valence-corrected chi connectivity index (χ3v) is 10.8. The first-order chi connectivity index (χ1) is 23.9. The fraction of sp³-hybridized carbons (Fsp3) is 0.465. The molecule has 0 radical (unpaired) electrons. The molecule has 3 aliphatic rings. The van der Waals surface area contributed by atoms with Gasteiger partial charge in [-0.1, -0.05) is 96.2 Å². The van der Waals surface area contributed by atoms with Crippen molar-refractivity contribution in [2.45, 2.75) is 116 Å². The summed E-state index contributed by atoms with van der Waals surface area (Å²) in [6, 6.07) is 17.8. The number of hydrogen-bond acceptors (Lipinski definition) is 6. The number of rotatable bonds is 14. The number of hydrazine groups is 1. The molecule has 0 aromatic heterocycles. The summed E-state index contributed by atoms with van der Waals surface area (Å²) in [5, 5.41) is 10.8. The summed E-state index contributed by atoms with van der Waals surface area (Å²) in [4.78, 5) is 16.1. The van der Waals surface area contributed by atoms with Crippen LogP contribution in [0.5, 0.6) is 0 Å². The van der Waals surface area contributed by atoms with Gasteiger partial charge in [-0.2, -0.15) is 0 Å². The molecule has 0 saturated heterocycles. The number of fused-ring (bicyclic) bond motifs is 2. The molecule has 0 spiro atoms. The lowest BCUT2D eigenvalue weighted by Crippen LogP contribution is -2.40. The Morgan fingerprint density at radius 2 is 1.58 bits per heavy atom. The van der Waals surface area contributed by atoms with Crippen LogP contribution in [0.1, 0.15) is 110 Å². The van der Waals surface area contributed by atoms with Crippen LogP contribution in [0.25, 0.3) is 0 Å². The first-order valence-electron chi connectivity index (χ1n) is 18.7. The van der Waals surface area contributed by atoms with Gasteiger partial charge >= 0.3 is 5.97 Å². The van der Waals surface area contributed by atoms with Crippen LogP contribution >= 0.6 is 0 Å². The molecular formula is C43H59N5O2. The summed E-state index contributed by atoms with van der Waals surface area (Å²) < 4.78 is 0. The van der Waals surface area contributed by atoms with Gasteiger partial charge < -0.3 is 20.6 Å².